The number of hydrogen-bond acceptors (Lipinski definition) is 4. The van der Waals surface area contributed by atoms with Crippen molar-refractivity contribution in [1.82, 2.24) is 14.8 Å². The quantitative estimate of drug-likeness (QED) is 0.700. The largest absolute Gasteiger partial charge is 0.336 e. The van der Waals surface area contributed by atoms with Gasteiger partial charge in [0.1, 0.15) is 0 Å². The van der Waals surface area contributed by atoms with Crippen LogP contribution in [0.2, 0.25) is 0 Å². The lowest BCUT2D eigenvalue weighted by Gasteiger charge is -2.57. The topological polar surface area (TPSA) is 36.4 Å². The van der Waals surface area contributed by atoms with Gasteiger partial charge in [0.15, 0.2) is 0 Å². The Morgan fingerprint density at radius 3 is 2.97 bits per heavy atom. The second-order valence-electron chi connectivity index (χ2n) is 9.87. The summed E-state index contributed by atoms with van der Waals surface area (Å²) in [6.07, 6.45) is 6.78. The van der Waals surface area contributed by atoms with E-state index in [4.69, 9.17) is 0 Å². The summed E-state index contributed by atoms with van der Waals surface area (Å²) in [5.41, 5.74) is 4.51. The normalized spacial score (nSPS) is 30.2. The van der Waals surface area contributed by atoms with E-state index in [9.17, 15) is 4.79 Å². The van der Waals surface area contributed by atoms with E-state index < -0.39 is 0 Å². The monoisotopic (exact) mass is 411 g/mol. The van der Waals surface area contributed by atoms with Crippen molar-refractivity contribution in [1.29, 1.82) is 0 Å². The van der Waals surface area contributed by atoms with Crippen LogP contribution in [0, 0.1) is 17.8 Å². The van der Waals surface area contributed by atoms with Crippen LogP contribution in [0.5, 0.6) is 0 Å². The van der Waals surface area contributed by atoms with Crippen LogP contribution in [0.25, 0.3) is 10.2 Å². The summed E-state index contributed by atoms with van der Waals surface area (Å²) in [6, 6.07) is 7.47. The molecule has 1 amide bonds. The number of likely N-dealkylation sites (tertiary alicyclic amines) is 1. The van der Waals surface area contributed by atoms with E-state index in [0.29, 0.717) is 35.7 Å². The number of carbonyl (C=O) groups is 1. The predicted octanol–water partition coefficient (Wildman–Crippen LogP) is 4.93. The number of benzene rings is 1. The predicted molar refractivity (Wildman–Crippen MR) is 119 cm³/mol. The fraction of sp³-hybridized carbons (Fsp3) is 0.667. The Kier molecular flexibility index (Phi) is 5.37. The van der Waals surface area contributed by atoms with Crippen LogP contribution in [-0.2, 0) is 11.3 Å². The van der Waals surface area contributed by atoms with Gasteiger partial charge in [-0.25, -0.2) is 4.98 Å². The Morgan fingerprint density at radius 2 is 2.10 bits per heavy atom. The molecule has 0 aliphatic carbocycles. The van der Waals surface area contributed by atoms with Gasteiger partial charge in [0.05, 0.1) is 15.7 Å². The summed E-state index contributed by atoms with van der Waals surface area (Å²) in [7, 11) is 0. The molecule has 29 heavy (non-hydrogen) atoms. The summed E-state index contributed by atoms with van der Waals surface area (Å²) in [6.45, 7) is 7.90. The first-order valence-corrected chi connectivity index (χ1v) is 12.3. The molecule has 0 radical (unpaired) electrons. The van der Waals surface area contributed by atoms with Crippen molar-refractivity contribution in [2.24, 2.45) is 17.8 Å². The second-order valence-corrected chi connectivity index (χ2v) is 10.7. The lowest BCUT2D eigenvalue weighted by Crippen LogP contribution is -2.64. The van der Waals surface area contributed by atoms with Crippen LogP contribution in [0.3, 0.4) is 0 Å². The average molecular weight is 412 g/mol. The van der Waals surface area contributed by atoms with E-state index in [-0.39, 0.29) is 0 Å². The highest BCUT2D eigenvalue weighted by Gasteiger charge is 2.48. The van der Waals surface area contributed by atoms with Crippen molar-refractivity contribution in [3.63, 3.8) is 0 Å². The molecule has 4 heterocycles. The summed E-state index contributed by atoms with van der Waals surface area (Å²) in [5, 5.41) is 0. The molecule has 156 valence electrons. The third-order valence-electron chi connectivity index (χ3n) is 7.44. The molecule has 0 N–H and O–H groups in total. The Hall–Kier alpha value is -1.46. The van der Waals surface area contributed by atoms with E-state index >= 15 is 0 Å². The van der Waals surface area contributed by atoms with E-state index in [1.807, 2.05) is 5.51 Å². The summed E-state index contributed by atoms with van der Waals surface area (Å²) < 4.78 is 1.34. The molecule has 0 spiro atoms. The van der Waals surface area contributed by atoms with Crippen molar-refractivity contribution in [2.45, 2.75) is 71.0 Å². The molecule has 0 saturated carbocycles. The first-order chi connectivity index (χ1) is 14.1. The lowest BCUT2D eigenvalue weighted by atomic mass is 9.70. The number of amides is 1. The van der Waals surface area contributed by atoms with E-state index in [2.05, 4.69) is 46.8 Å². The van der Waals surface area contributed by atoms with Crippen molar-refractivity contribution < 1.29 is 4.79 Å². The minimum Gasteiger partial charge on any atom is -0.336 e. The van der Waals surface area contributed by atoms with Crippen LogP contribution >= 0.6 is 11.3 Å². The van der Waals surface area contributed by atoms with E-state index in [0.717, 1.165) is 38.0 Å². The number of thiazole rings is 1. The zero-order chi connectivity index (χ0) is 20.0. The maximum atomic E-state index is 12.9. The van der Waals surface area contributed by atoms with Crippen LogP contribution < -0.4 is 0 Å². The number of piperidine rings is 3. The molecule has 0 unspecified atom stereocenters. The van der Waals surface area contributed by atoms with Gasteiger partial charge >= 0.3 is 0 Å². The summed E-state index contributed by atoms with van der Waals surface area (Å²) in [4.78, 5) is 22.5. The average Bonchev–Trinajstić information content (AvgIpc) is 3.18. The molecule has 3 aliphatic rings. The Labute approximate surface area is 178 Å². The highest BCUT2D eigenvalue weighted by molar-refractivity contribution is 7.16. The SMILES string of the molecule is CC(C)CC[C@H]1[C@H]2C[C@H](CN(Cc3cccc4ncsc34)C2)[C@@H]2CCCC(=O)N21. The smallest absolute Gasteiger partial charge is 0.223 e. The van der Waals surface area contributed by atoms with Gasteiger partial charge in [0.25, 0.3) is 0 Å². The number of fused-ring (bicyclic) bond motifs is 5. The Bertz CT molecular complexity index is 878. The van der Waals surface area contributed by atoms with Gasteiger partial charge in [0.2, 0.25) is 5.91 Å². The zero-order valence-electron chi connectivity index (χ0n) is 17.7. The first kappa shape index (κ1) is 19.5. The van der Waals surface area contributed by atoms with Crippen LogP contribution in [-0.4, -0.2) is 45.9 Å². The number of hydrogen-bond donors (Lipinski definition) is 0. The van der Waals surface area contributed by atoms with Gasteiger partial charge in [-0.1, -0.05) is 26.0 Å². The molecule has 5 rings (SSSR count). The summed E-state index contributed by atoms with van der Waals surface area (Å²) >= 11 is 1.76. The molecular formula is C24H33N3OS. The van der Waals surface area contributed by atoms with Crippen molar-refractivity contribution in [3.05, 3.63) is 29.3 Å². The molecule has 4 nitrogen and oxygen atoms in total. The standard InChI is InChI=1S/C24H33N3OS/c1-16(2)9-10-22-19-11-18(21-7-4-8-23(28)27(21)22)13-26(14-19)12-17-5-3-6-20-24(17)29-15-25-20/h3,5-6,15-16,18-19,21-22H,4,7-14H2,1-2H3/t18-,19+,21+,22+/m1/s1. The molecule has 2 bridgehead atoms. The fourth-order valence-electron chi connectivity index (χ4n) is 6.19. The molecule has 3 saturated heterocycles. The zero-order valence-corrected chi connectivity index (χ0v) is 18.5. The maximum Gasteiger partial charge on any atom is 0.223 e. The van der Waals surface area contributed by atoms with Gasteiger partial charge in [0, 0.05) is 38.1 Å². The third-order valence-corrected chi connectivity index (χ3v) is 8.36. The highest BCUT2D eigenvalue weighted by Crippen LogP contribution is 2.43. The highest BCUT2D eigenvalue weighted by atomic mass is 32.1. The minimum absolute atomic E-state index is 0.438. The lowest BCUT2D eigenvalue weighted by molar-refractivity contribution is -0.153. The van der Waals surface area contributed by atoms with Crippen molar-refractivity contribution >= 4 is 27.5 Å². The van der Waals surface area contributed by atoms with Gasteiger partial charge in [-0.2, -0.15) is 0 Å². The van der Waals surface area contributed by atoms with Crippen molar-refractivity contribution in [3.8, 4) is 0 Å². The summed E-state index contributed by atoms with van der Waals surface area (Å²) in [5.74, 6) is 2.42. The molecule has 1 aromatic heterocycles. The van der Waals surface area contributed by atoms with Gasteiger partial charge in [-0.05, 0) is 61.5 Å². The molecule has 3 aliphatic heterocycles. The Balaban J connectivity index is 1.39. The molecular weight excluding hydrogens is 378 g/mol. The van der Waals surface area contributed by atoms with Crippen LogP contribution in [0.1, 0.15) is 57.9 Å². The number of carbonyl (C=O) groups excluding carboxylic acids is 1. The molecule has 3 fully saturated rings. The number of rotatable bonds is 5. The Morgan fingerprint density at radius 1 is 1.24 bits per heavy atom. The van der Waals surface area contributed by atoms with Gasteiger partial charge in [-0.15, -0.1) is 11.3 Å². The van der Waals surface area contributed by atoms with Gasteiger partial charge in [-0.3, -0.25) is 9.69 Å². The maximum absolute atomic E-state index is 12.9. The minimum atomic E-state index is 0.438. The first-order valence-electron chi connectivity index (χ1n) is 11.4. The van der Waals surface area contributed by atoms with Crippen molar-refractivity contribution in [2.75, 3.05) is 13.1 Å². The van der Waals surface area contributed by atoms with Crippen LogP contribution in [0.15, 0.2) is 23.7 Å². The van der Waals surface area contributed by atoms with Gasteiger partial charge < -0.3 is 4.90 Å². The van der Waals surface area contributed by atoms with E-state index in [1.54, 1.807) is 11.3 Å². The second kappa shape index (κ2) is 7.99. The third kappa shape index (κ3) is 3.72. The van der Waals surface area contributed by atoms with E-state index in [1.165, 1.54) is 35.9 Å². The molecule has 4 atom stereocenters. The van der Waals surface area contributed by atoms with Crippen LogP contribution in [0.4, 0.5) is 0 Å². The fourth-order valence-corrected chi connectivity index (χ4v) is 6.99. The molecule has 2 aromatic rings. The number of aromatic nitrogens is 1. The molecule has 1 aromatic carbocycles. The molecule has 5 heteroatoms. The number of nitrogens with zero attached hydrogens (tertiary/aromatic N) is 3.